The monoisotopic (exact) mass is 276 g/mol. The maximum absolute atomic E-state index is 12.1. The number of hydrogen-bond donors (Lipinski definition) is 0. The number of pyridine rings is 1. The standard InChI is InChI=1S/C13H16N4O3/c1-9(2)16-7-5-11(14-16)8-15-6-4-10(3)12(13(15)18)17(19)20/h4-7,9H,8H2,1-3H3. The Hall–Kier alpha value is -2.44. The van der Waals surface area contributed by atoms with E-state index in [2.05, 4.69) is 5.10 Å². The largest absolute Gasteiger partial charge is 0.336 e. The lowest BCUT2D eigenvalue weighted by molar-refractivity contribution is -0.387. The van der Waals surface area contributed by atoms with Gasteiger partial charge >= 0.3 is 11.2 Å². The van der Waals surface area contributed by atoms with Gasteiger partial charge in [0.15, 0.2) is 0 Å². The van der Waals surface area contributed by atoms with Gasteiger partial charge in [0, 0.05) is 24.0 Å². The minimum atomic E-state index is -0.638. The Morgan fingerprint density at radius 3 is 2.60 bits per heavy atom. The number of nitrogens with zero attached hydrogens (tertiary/aromatic N) is 4. The molecule has 0 unspecified atom stereocenters. The molecule has 0 fully saturated rings. The molecule has 2 aromatic heterocycles. The molecule has 0 aliphatic carbocycles. The summed E-state index contributed by atoms with van der Waals surface area (Å²) in [6.45, 7) is 5.77. The second-order valence-electron chi connectivity index (χ2n) is 4.92. The highest BCUT2D eigenvalue weighted by atomic mass is 16.6. The molecule has 106 valence electrons. The summed E-state index contributed by atoms with van der Waals surface area (Å²) in [7, 11) is 0. The van der Waals surface area contributed by atoms with Crippen molar-refractivity contribution >= 4 is 5.69 Å². The number of aromatic nitrogens is 3. The van der Waals surface area contributed by atoms with E-state index < -0.39 is 10.5 Å². The molecule has 0 aromatic carbocycles. The van der Waals surface area contributed by atoms with Gasteiger partial charge < -0.3 is 4.57 Å². The maximum Gasteiger partial charge on any atom is 0.336 e. The lowest BCUT2D eigenvalue weighted by atomic mass is 10.2. The van der Waals surface area contributed by atoms with Crippen molar-refractivity contribution in [2.24, 2.45) is 0 Å². The van der Waals surface area contributed by atoms with Gasteiger partial charge in [0.1, 0.15) is 0 Å². The fourth-order valence-electron chi connectivity index (χ4n) is 1.92. The number of rotatable bonds is 4. The predicted octanol–water partition coefficient (Wildman–Crippen LogP) is 1.89. The number of hydrogen-bond acceptors (Lipinski definition) is 4. The summed E-state index contributed by atoms with van der Waals surface area (Å²) in [5.41, 5.74) is 0.0767. The van der Waals surface area contributed by atoms with Crippen LogP contribution < -0.4 is 5.56 Å². The van der Waals surface area contributed by atoms with Gasteiger partial charge in [-0.2, -0.15) is 5.10 Å². The zero-order valence-electron chi connectivity index (χ0n) is 11.6. The van der Waals surface area contributed by atoms with Crippen molar-refractivity contribution in [1.29, 1.82) is 0 Å². The van der Waals surface area contributed by atoms with Crippen LogP contribution in [0.5, 0.6) is 0 Å². The lowest BCUT2D eigenvalue weighted by Crippen LogP contribution is -2.23. The van der Waals surface area contributed by atoms with Crippen molar-refractivity contribution in [3.63, 3.8) is 0 Å². The zero-order valence-corrected chi connectivity index (χ0v) is 11.6. The Labute approximate surface area is 115 Å². The van der Waals surface area contributed by atoms with Crippen molar-refractivity contribution in [3.8, 4) is 0 Å². The summed E-state index contributed by atoms with van der Waals surface area (Å²) in [4.78, 5) is 22.3. The first-order valence-electron chi connectivity index (χ1n) is 6.28. The van der Waals surface area contributed by atoms with Crippen molar-refractivity contribution in [2.45, 2.75) is 33.4 Å². The van der Waals surface area contributed by atoms with E-state index in [1.54, 1.807) is 29.9 Å². The summed E-state index contributed by atoms with van der Waals surface area (Å²) in [6, 6.07) is 3.60. The van der Waals surface area contributed by atoms with Gasteiger partial charge in [-0.1, -0.05) is 0 Å². The Kier molecular flexibility index (Phi) is 3.69. The third-order valence-electron chi connectivity index (χ3n) is 3.05. The molecule has 0 radical (unpaired) electrons. The first-order chi connectivity index (χ1) is 9.40. The normalized spacial score (nSPS) is 11.0. The Morgan fingerprint density at radius 1 is 1.35 bits per heavy atom. The first-order valence-corrected chi connectivity index (χ1v) is 6.28. The van der Waals surface area contributed by atoms with E-state index in [9.17, 15) is 14.9 Å². The van der Waals surface area contributed by atoms with Gasteiger partial charge in [0.05, 0.1) is 17.2 Å². The molecular formula is C13H16N4O3. The van der Waals surface area contributed by atoms with Crippen molar-refractivity contribution < 1.29 is 4.92 Å². The SMILES string of the molecule is Cc1ccn(Cc2ccn(C(C)C)n2)c(=O)c1[N+](=O)[O-]. The van der Waals surface area contributed by atoms with E-state index in [4.69, 9.17) is 0 Å². The van der Waals surface area contributed by atoms with Gasteiger partial charge in [0.25, 0.3) is 0 Å². The van der Waals surface area contributed by atoms with Crippen LogP contribution in [0.2, 0.25) is 0 Å². The summed E-state index contributed by atoms with van der Waals surface area (Å²) >= 11 is 0. The van der Waals surface area contributed by atoms with Crippen molar-refractivity contribution in [3.05, 3.63) is 56.3 Å². The molecule has 0 amide bonds. The first kappa shape index (κ1) is 14.0. The quantitative estimate of drug-likeness (QED) is 0.630. The molecule has 7 heteroatoms. The molecule has 0 spiro atoms. The van der Waals surface area contributed by atoms with E-state index in [0.29, 0.717) is 11.3 Å². The molecule has 0 atom stereocenters. The molecule has 0 N–H and O–H groups in total. The Balaban J connectivity index is 2.36. The Morgan fingerprint density at radius 2 is 2.05 bits per heavy atom. The van der Waals surface area contributed by atoms with Gasteiger partial charge in [-0.3, -0.25) is 19.6 Å². The van der Waals surface area contributed by atoms with Crippen LogP contribution in [0.4, 0.5) is 5.69 Å². The zero-order chi connectivity index (χ0) is 14.9. The molecule has 20 heavy (non-hydrogen) atoms. The molecule has 0 bridgehead atoms. The minimum Gasteiger partial charge on any atom is -0.304 e. The van der Waals surface area contributed by atoms with Crippen molar-refractivity contribution in [2.75, 3.05) is 0 Å². The molecular weight excluding hydrogens is 260 g/mol. The summed E-state index contributed by atoms with van der Waals surface area (Å²) in [5.74, 6) is 0. The molecule has 0 aliphatic heterocycles. The summed E-state index contributed by atoms with van der Waals surface area (Å²) < 4.78 is 3.08. The molecule has 0 saturated heterocycles. The van der Waals surface area contributed by atoms with Gasteiger partial charge in [0.2, 0.25) is 0 Å². The van der Waals surface area contributed by atoms with Crippen LogP contribution >= 0.6 is 0 Å². The highest BCUT2D eigenvalue weighted by Crippen LogP contribution is 2.11. The van der Waals surface area contributed by atoms with Crippen LogP contribution in [0.1, 0.15) is 31.1 Å². The van der Waals surface area contributed by atoms with Crippen LogP contribution in [0.15, 0.2) is 29.3 Å². The second-order valence-corrected chi connectivity index (χ2v) is 4.92. The molecule has 2 aromatic rings. The topological polar surface area (TPSA) is 83.0 Å². The smallest absolute Gasteiger partial charge is 0.304 e. The van der Waals surface area contributed by atoms with Gasteiger partial charge in [-0.05, 0) is 32.9 Å². The molecule has 2 rings (SSSR count). The predicted molar refractivity (Wildman–Crippen MR) is 73.8 cm³/mol. The minimum absolute atomic E-state index is 0.222. The average molecular weight is 276 g/mol. The molecule has 0 aliphatic rings. The van der Waals surface area contributed by atoms with E-state index in [0.717, 1.165) is 0 Å². The number of nitro groups is 1. The Bertz CT molecular complexity index is 700. The average Bonchev–Trinajstić information content (AvgIpc) is 2.81. The summed E-state index contributed by atoms with van der Waals surface area (Å²) in [5, 5.41) is 15.2. The molecule has 7 nitrogen and oxygen atoms in total. The third-order valence-corrected chi connectivity index (χ3v) is 3.05. The van der Waals surface area contributed by atoms with Crippen molar-refractivity contribution in [1.82, 2.24) is 14.3 Å². The van der Waals surface area contributed by atoms with Gasteiger partial charge in [-0.15, -0.1) is 0 Å². The van der Waals surface area contributed by atoms with Crippen LogP contribution in [-0.2, 0) is 6.54 Å². The second kappa shape index (κ2) is 5.28. The maximum atomic E-state index is 12.1. The van der Waals surface area contributed by atoms with Crippen LogP contribution in [0.25, 0.3) is 0 Å². The van der Waals surface area contributed by atoms with Gasteiger partial charge in [-0.25, -0.2) is 0 Å². The molecule has 0 saturated carbocycles. The third kappa shape index (κ3) is 2.61. The van der Waals surface area contributed by atoms with E-state index >= 15 is 0 Å². The number of aryl methyl sites for hydroxylation is 1. The lowest BCUT2D eigenvalue weighted by Gasteiger charge is -2.06. The van der Waals surface area contributed by atoms with E-state index in [1.807, 2.05) is 20.0 Å². The summed E-state index contributed by atoms with van der Waals surface area (Å²) in [6.07, 6.45) is 3.38. The molecule has 2 heterocycles. The fraction of sp³-hybridized carbons (Fsp3) is 0.385. The highest BCUT2D eigenvalue weighted by Gasteiger charge is 2.18. The van der Waals surface area contributed by atoms with Crippen LogP contribution in [-0.4, -0.2) is 19.3 Å². The van der Waals surface area contributed by atoms with E-state index in [1.165, 1.54) is 4.57 Å². The highest BCUT2D eigenvalue weighted by molar-refractivity contribution is 5.36. The van der Waals surface area contributed by atoms with E-state index in [-0.39, 0.29) is 18.3 Å². The van der Waals surface area contributed by atoms with Crippen LogP contribution in [0, 0.1) is 17.0 Å². The fourth-order valence-corrected chi connectivity index (χ4v) is 1.92. The van der Waals surface area contributed by atoms with Crippen LogP contribution in [0.3, 0.4) is 0 Å².